The van der Waals surface area contributed by atoms with Crippen LogP contribution in [0.3, 0.4) is 0 Å². The van der Waals surface area contributed by atoms with Crippen molar-refractivity contribution in [3.63, 3.8) is 0 Å². The number of carbonyl (C=O) groups excluding carboxylic acids is 2. The lowest BCUT2D eigenvalue weighted by Gasteiger charge is -2.11. The van der Waals surface area contributed by atoms with E-state index in [1.165, 1.54) is 18.2 Å². The summed E-state index contributed by atoms with van der Waals surface area (Å²) in [6, 6.07) is 22.8. The summed E-state index contributed by atoms with van der Waals surface area (Å²) in [5.74, 6) is -1.27. The quantitative estimate of drug-likeness (QED) is 0.0663. The van der Waals surface area contributed by atoms with Gasteiger partial charge in [-0.3, -0.25) is 14.9 Å². The van der Waals surface area contributed by atoms with Crippen LogP contribution >= 0.6 is 27.5 Å². The normalized spacial score (nSPS) is 11.0. The molecule has 0 heterocycles. The summed E-state index contributed by atoms with van der Waals surface area (Å²) >= 11 is 9.39. The SMILES string of the molecule is N#CC(=Cc1cc(Br)ccc1OC(=O)c1cccc2ccccc12)C(=O)Nc1ccc([N+](=O)[O-])cc1Cl. The molecule has 0 saturated heterocycles. The van der Waals surface area contributed by atoms with E-state index >= 15 is 0 Å². The van der Waals surface area contributed by atoms with Crippen LogP contribution in [-0.2, 0) is 4.79 Å². The Bertz CT molecular complexity index is 1640. The molecule has 4 rings (SSSR count). The van der Waals surface area contributed by atoms with E-state index in [9.17, 15) is 25.0 Å². The zero-order chi connectivity index (χ0) is 26.5. The fourth-order valence-electron chi connectivity index (χ4n) is 3.50. The molecule has 37 heavy (non-hydrogen) atoms. The number of hydrogen-bond acceptors (Lipinski definition) is 6. The Morgan fingerprint density at radius 3 is 2.54 bits per heavy atom. The lowest BCUT2D eigenvalue weighted by atomic mass is 10.0. The van der Waals surface area contributed by atoms with Crippen LogP contribution in [0.15, 0.2) is 88.9 Å². The first-order valence-electron chi connectivity index (χ1n) is 10.6. The van der Waals surface area contributed by atoms with E-state index in [0.717, 1.165) is 16.8 Å². The topological polar surface area (TPSA) is 122 Å². The Hall–Kier alpha value is -4.52. The van der Waals surface area contributed by atoms with E-state index in [1.54, 1.807) is 30.3 Å². The second-order valence-corrected chi connectivity index (χ2v) is 8.97. The minimum Gasteiger partial charge on any atom is -0.422 e. The summed E-state index contributed by atoms with van der Waals surface area (Å²) in [4.78, 5) is 36.1. The fourth-order valence-corrected chi connectivity index (χ4v) is 4.10. The van der Waals surface area contributed by atoms with Gasteiger partial charge in [-0.25, -0.2) is 4.79 Å². The van der Waals surface area contributed by atoms with E-state index in [2.05, 4.69) is 21.2 Å². The molecule has 0 aliphatic heterocycles. The molecule has 1 amide bonds. The molecule has 4 aromatic rings. The lowest BCUT2D eigenvalue weighted by molar-refractivity contribution is -0.384. The van der Waals surface area contributed by atoms with Crippen molar-refractivity contribution in [3.05, 3.63) is 115 Å². The number of nitro groups is 1. The number of carbonyl (C=O) groups is 2. The maximum Gasteiger partial charge on any atom is 0.344 e. The van der Waals surface area contributed by atoms with Crippen molar-refractivity contribution in [2.45, 2.75) is 0 Å². The first-order chi connectivity index (χ1) is 17.8. The lowest BCUT2D eigenvalue weighted by Crippen LogP contribution is -2.14. The number of benzene rings is 4. The highest BCUT2D eigenvalue weighted by atomic mass is 79.9. The van der Waals surface area contributed by atoms with E-state index in [1.807, 2.05) is 36.4 Å². The van der Waals surface area contributed by atoms with Gasteiger partial charge >= 0.3 is 5.97 Å². The second-order valence-electron chi connectivity index (χ2n) is 7.64. The number of esters is 1. The number of rotatable bonds is 6. The number of hydrogen-bond donors (Lipinski definition) is 1. The number of nitrogens with one attached hydrogen (secondary N) is 1. The van der Waals surface area contributed by atoms with Gasteiger partial charge in [0.25, 0.3) is 11.6 Å². The number of halogens is 2. The predicted molar refractivity (Wildman–Crippen MR) is 143 cm³/mol. The van der Waals surface area contributed by atoms with Crippen LogP contribution in [0.1, 0.15) is 15.9 Å². The van der Waals surface area contributed by atoms with E-state index in [-0.39, 0.29) is 27.7 Å². The van der Waals surface area contributed by atoms with Crippen LogP contribution in [-0.4, -0.2) is 16.8 Å². The van der Waals surface area contributed by atoms with Gasteiger partial charge in [-0.2, -0.15) is 5.26 Å². The van der Waals surface area contributed by atoms with Crippen molar-refractivity contribution in [1.29, 1.82) is 5.26 Å². The van der Waals surface area contributed by atoms with Crippen molar-refractivity contribution < 1.29 is 19.2 Å². The monoisotopic (exact) mass is 575 g/mol. The van der Waals surface area contributed by atoms with Crippen LogP contribution in [0, 0.1) is 21.4 Å². The van der Waals surface area contributed by atoms with Gasteiger partial charge in [-0.15, -0.1) is 0 Å². The van der Waals surface area contributed by atoms with Gasteiger partial charge in [0.05, 0.1) is 21.2 Å². The zero-order valence-corrected chi connectivity index (χ0v) is 21.1. The van der Waals surface area contributed by atoms with E-state index in [0.29, 0.717) is 15.6 Å². The maximum atomic E-state index is 13.0. The van der Waals surface area contributed by atoms with Gasteiger partial charge in [0.15, 0.2) is 0 Å². The van der Waals surface area contributed by atoms with Crippen LogP contribution in [0.5, 0.6) is 5.75 Å². The average Bonchev–Trinajstić information content (AvgIpc) is 2.89. The molecule has 0 radical (unpaired) electrons. The van der Waals surface area contributed by atoms with Crippen molar-refractivity contribution >= 4 is 67.6 Å². The van der Waals surface area contributed by atoms with E-state index < -0.39 is 16.8 Å². The maximum absolute atomic E-state index is 13.0. The highest BCUT2D eigenvalue weighted by molar-refractivity contribution is 9.10. The molecule has 0 atom stereocenters. The summed E-state index contributed by atoms with van der Waals surface area (Å²) in [5, 5.41) is 24.5. The van der Waals surface area contributed by atoms with Crippen molar-refractivity contribution in [2.24, 2.45) is 0 Å². The summed E-state index contributed by atoms with van der Waals surface area (Å²) < 4.78 is 6.29. The van der Waals surface area contributed by atoms with Gasteiger partial charge in [0.1, 0.15) is 17.4 Å². The number of nitrogens with zero attached hydrogens (tertiary/aromatic N) is 2. The zero-order valence-electron chi connectivity index (χ0n) is 18.8. The van der Waals surface area contributed by atoms with Crippen molar-refractivity contribution in [2.75, 3.05) is 5.32 Å². The Labute approximate surface area is 224 Å². The first kappa shape index (κ1) is 25.6. The van der Waals surface area contributed by atoms with Gasteiger partial charge < -0.3 is 10.1 Å². The molecule has 8 nitrogen and oxygen atoms in total. The molecule has 0 unspecified atom stereocenters. The number of fused-ring (bicyclic) bond motifs is 1. The molecule has 182 valence electrons. The molecule has 10 heteroatoms. The number of amides is 1. The van der Waals surface area contributed by atoms with Crippen LogP contribution < -0.4 is 10.1 Å². The Balaban J connectivity index is 1.63. The molecule has 1 N–H and O–H groups in total. The number of nitriles is 1. The molecule has 0 aromatic heterocycles. The van der Waals surface area contributed by atoms with Gasteiger partial charge in [-0.05, 0) is 47.2 Å². The van der Waals surface area contributed by atoms with Crippen molar-refractivity contribution in [3.8, 4) is 11.8 Å². The smallest absolute Gasteiger partial charge is 0.344 e. The van der Waals surface area contributed by atoms with E-state index in [4.69, 9.17) is 16.3 Å². The number of non-ortho nitro benzene ring substituents is 1. The third-order valence-corrected chi connectivity index (χ3v) is 6.07. The highest BCUT2D eigenvalue weighted by Gasteiger charge is 2.18. The van der Waals surface area contributed by atoms with Gasteiger partial charge in [0, 0.05) is 22.2 Å². The third-order valence-electron chi connectivity index (χ3n) is 5.26. The highest BCUT2D eigenvalue weighted by Crippen LogP contribution is 2.29. The minimum atomic E-state index is -0.801. The predicted octanol–water partition coefficient (Wildman–Crippen LogP) is 6.93. The van der Waals surface area contributed by atoms with Crippen molar-refractivity contribution in [1.82, 2.24) is 0 Å². The van der Waals surface area contributed by atoms with Crippen LogP contribution in [0.2, 0.25) is 5.02 Å². The molecule has 0 aliphatic carbocycles. The summed E-state index contributed by atoms with van der Waals surface area (Å²) in [5.41, 5.74) is 0.197. The number of anilines is 1. The number of nitro benzene ring substituents is 1. The molecule has 0 fully saturated rings. The summed E-state index contributed by atoms with van der Waals surface area (Å²) in [7, 11) is 0. The largest absolute Gasteiger partial charge is 0.422 e. The molecule has 0 spiro atoms. The Morgan fingerprint density at radius 2 is 1.81 bits per heavy atom. The first-order valence-corrected chi connectivity index (χ1v) is 11.8. The molecule has 0 saturated carbocycles. The molecule has 0 bridgehead atoms. The molecule has 0 aliphatic rings. The van der Waals surface area contributed by atoms with Crippen LogP contribution in [0.4, 0.5) is 11.4 Å². The third kappa shape index (κ3) is 5.83. The average molecular weight is 577 g/mol. The summed E-state index contributed by atoms with van der Waals surface area (Å²) in [6.07, 6.45) is 1.27. The Morgan fingerprint density at radius 1 is 1.05 bits per heavy atom. The molecular weight excluding hydrogens is 562 g/mol. The summed E-state index contributed by atoms with van der Waals surface area (Å²) in [6.45, 7) is 0. The van der Waals surface area contributed by atoms with Gasteiger partial charge in [-0.1, -0.05) is 63.9 Å². The minimum absolute atomic E-state index is 0.0630. The number of ether oxygens (including phenoxy) is 1. The molecule has 4 aromatic carbocycles. The van der Waals surface area contributed by atoms with Gasteiger partial charge in [0.2, 0.25) is 0 Å². The molecular formula is C27H15BrClN3O5. The second kappa shape index (κ2) is 11.0. The Kier molecular flexibility index (Phi) is 7.63. The standard InChI is InChI=1S/C27H15BrClN3O5/c28-19-8-11-25(37-27(34)22-7-3-5-16-4-1-2-6-21(16)22)17(13-19)12-18(15-30)26(33)31-24-10-9-20(32(35)36)14-23(24)29/h1-14H,(H,31,33). The van der Waals surface area contributed by atoms with Crippen LogP contribution in [0.25, 0.3) is 16.8 Å². The fraction of sp³-hybridized carbons (Fsp3) is 0.